The molecule has 2 radical (unpaired) electrons. The summed E-state index contributed by atoms with van der Waals surface area (Å²) < 4.78 is 0. The third-order valence-corrected chi connectivity index (χ3v) is 4.66. The molecule has 0 heteroatoms. The molecule has 0 N–H and O–H groups in total. The van der Waals surface area contributed by atoms with Crippen LogP contribution in [0.2, 0.25) is 0 Å². The SMILES string of the molecule is [CH2]CCCCC=CCCCCCCCCCCCCCCC[CH2]. The fourth-order valence-corrected chi connectivity index (χ4v) is 3.06. The zero-order chi connectivity index (χ0) is 16.8. The Labute approximate surface area is 148 Å². The molecule has 0 aliphatic heterocycles. The number of unbranched alkanes of at least 4 members (excludes halogenated alkanes) is 17. The second kappa shape index (κ2) is 21.7. The maximum Gasteiger partial charge on any atom is -0.0351 e. The van der Waals surface area contributed by atoms with Gasteiger partial charge in [0.15, 0.2) is 0 Å². The Balaban J connectivity index is 3.00. The van der Waals surface area contributed by atoms with E-state index in [4.69, 9.17) is 0 Å². The van der Waals surface area contributed by atoms with Gasteiger partial charge in [-0.1, -0.05) is 122 Å². The van der Waals surface area contributed by atoms with Gasteiger partial charge in [-0.05, 0) is 25.7 Å². The predicted octanol–water partition coefficient (Wildman–Crippen LogP) is 8.62. The minimum atomic E-state index is 1.09. The smallest absolute Gasteiger partial charge is 0.0351 e. The molecule has 0 atom stereocenters. The van der Waals surface area contributed by atoms with E-state index in [0.717, 1.165) is 12.8 Å². The summed E-state index contributed by atoms with van der Waals surface area (Å²) in [7, 11) is 0. The first-order valence-corrected chi connectivity index (χ1v) is 10.6. The van der Waals surface area contributed by atoms with Gasteiger partial charge in [0.2, 0.25) is 0 Å². The highest BCUT2D eigenvalue weighted by Crippen LogP contribution is 2.13. The maximum atomic E-state index is 3.90. The summed E-state index contributed by atoms with van der Waals surface area (Å²) in [6, 6.07) is 0. The van der Waals surface area contributed by atoms with E-state index in [0.29, 0.717) is 0 Å². The van der Waals surface area contributed by atoms with Crippen LogP contribution in [0.15, 0.2) is 12.2 Å². The number of rotatable bonds is 19. The van der Waals surface area contributed by atoms with E-state index < -0.39 is 0 Å². The van der Waals surface area contributed by atoms with Crippen molar-refractivity contribution in [1.82, 2.24) is 0 Å². The standard InChI is InChI=1S/C23H44/c1-3-5-7-9-11-13-15-17-19-21-23-22-20-18-16-14-12-10-8-6-4-2/h11,13H,1-10,12,14-23H2. The quantitative estimate of drug-likeness (QED) is 0.165. The van der Waals surface area contributed by atoms with Crippen LogP contribution in [0.25, 0.3) is 0 Å². The Morgan fingerprint density at radius 2 is 0.609 bits per heavy atom. The van der Waals surface area contributed by atoms with Gasteiger partial charge in [0.1, 0.15) is 0 Å². The van der Waals surface area contributed by atoms with Gasteiger partial charge in [0, 0.05) is 0 Å². The van der Waals surface area contributed by atoms with E-state index >= 15 is 0 Å². The molecule has 0 aromatic rings. The lowest BCUT2D eigenvalue weighted by Gasteiger charge is -2.02. The highest BCUT2D eigenvalue weighted by Gasteiger charge is 1.93. The van der Waals surface area contributed by atoms with E-state index in [1.54, 1.807) is 0 Å². The minimum Gasteiger partial charge on any atom is -0.0885 e. The van der Waals surface area contributed by atoms with Crippen LogP contribution in [0.3, 0.4) is 0 Å². The second-order valence-electron chi connectivity index (χ2n) is 7.06. The van der Waals surface area contributed by atoms with Crippen LogP contribution in [0.1, 0.15) is 122 Å². The van der Waals surface area contributed by atoms with Crippen molar-refractivity contribution in [2.75, 3.05) is 0 Å². The van der Waals surface area contributed by atoms with E-state index in [9.17, 15) is 0 Å². The van der Waals surface area contributed by atoms with E-state index in [-0.39, 0.29) is 0 Å². The van der Waals surface area contributed by atoms with E-state index in [1.165, 1.54) is 109 Å². The van der Waals surface area contributed by atoms with Crippen LogP contribution in [0, 0.1) is 13.8 Å². The fourth-order valence-electron chi connectivity index (χ4n) is 3.06. The fraction of sp³-hybridized carbons (Fsp3) is 0.826. The van der Waals surface area contributed by atoms with Crippen LogP contribution in [-0.2, 0) is 0 Å². The molecule has 136 valence electrons. The molecule has 0 bridgehead atoms. The summed E-state index contributed by atoms with van der Waals surface area (Å²) in [6.07, 6.45) is 30.7. The average Bonchev–Trinajstić information content (AvgIpc) is 2.57. The number of hydrogen-bond donors (Lipinski definition) is 0. The summed E-state index contributed by atoms with van der Waals surface area (Å²) in [5.41, 5.74) is 0. The summed E-state index contributed by atoms with van der Waals surface area (Å²) in [6.45, 7) is 7.77. The van der Waals surface area contributed by atoms with Gasteiger partial charge in [-0.2, -0.15) is 0 Å². The van der Waals surface area contributed by atoms with Crippen molar-refractivity contribution in [2.24, 2.45) is 0 Å². The normalized spacial score (nSPS) is 11.6. The molecule has 0 rings (SSSR count). The lowest BCUT2D eigenvalue weighted by Crippen LogP contribution is -1.83. The van der Waals surface area contributed by atoms with Crippen LogP contribution in [0.4, 0.5) is 0 Å². The average molecular weight is 321 g/mol. The Morgan fingerprint density at radius 3 is 1.00 bits per heavy atom. The molecule has 0 nitrogen and oxygen atoms in total. The molecular weight excluding hydrogens is 276 g/mol. The zero-order valence-corrected chi connectivity index (χ0v) is 16.0. The molecular formula is C23H44. The van der Waals surface area contributed by atoms with Crippen LogP contribution in [0.5, 0.6) is 0 Å². The molecule has 0 aromatic heterocycles. The molecule has 0 saturated heterocycles. The van der Waals surface area contributed by atoms with Crippen molar-refractivity contribution >= 4 is 0 Å². The van der Waals surface area contributed by atoms with Crippen molar-refractivity contribution in [2.45, 2.75) is 122 Å². The van der Waals surface area contributed by atoms with Crippen molar-refractivity contribution in [3.8, 4) is 0 Å². The van der Waals surface area contributed by atoms with Crippen molar-refractivity contribution in [1.29, 1.82) is 0 Å². The Kier molecular flexibility index (Phi) is 21.5. The van der Waals surface area contributed by atoms with Gasteiger partial charge in [-0.15, -0.1) is 0 Å². The number of allylic oxidation sites excluding steroid dienone is 2. The summed E-state index contributed by atoms with van der Waals surface area (Å²) in [5, 5.41) is 0. The predicted molar refractivity (Wildman–Crippen MR) is 108 cm³/mol. The first-order chi connectivity index (χ1) is 11.4. The largest absolute Gasteiger partial charge is 0.0885 e. The Hall–Kier alpha value is -0.260. The summed E-state index contributed by atoms with van der Waals surface area (Å²) in [5.74, 6) is 0. The van der Waals surface area contributed by atoms with Crippen LogP contribution in [-0.4, -0.2) is 0 Å². The summed E-state index contributed by atoms with van der Waals surface area (Å²) >= 11 is 0. The van der Waals surface area contributed by atoms with Gasteiger partial charge < -0.3 is 0 Å². The highest BCUT2D eigenvalue weighted by atomic mass is 14.0. The Morgan fingerprint density at radius 1 is 0.348 bits per heavy atom. The molecule has 0 aliphatic rings. The van der Waals surface area contributed by atoms with Crippen molar-refractivity contribution in [3.05, 3.63) is 26.0 Å². The van der Waals surface area contributed by atoms with E-state index in [1.807, 2.05) is 0 Å². The van der Waals surface area contributed by atoms with Crippen LogP contribution < -0.4 is 0 Å². The molecule has 0 amide bonds. The molecule has 0 aliphatic carbocycles. The first-order valence-electron chi connectivity index (χ1n) is 10.6. The topological polar surface area (TPSA) is 0 Å². The third-order valence-electron chi connectivity index (χ3n) is 4.66. The van der Waals surface area contributed by atoms with Gasteiger partial charge in [0.05, 0.1) is 0 Å². The minimum absolute atomic E-state index is 1.09. The van der Waals surface area contributed by atoms with Crippen molar-refractivity contribution < 1.29 is 0 Å². The van der Waals surface area contributed by atoms with Gasteiger partial charge in [0.25, 0.3) is 0 Å². The molecule has 0 unspecified atom stereocenters. The second-order valence-corrected chi connectivity index (χ2v) is 7.06. The molecule has 0 fully saturated rings. The maximum absolute atomic E-state index is 3.90. The molecule has 0 saturated carbocycles. The molecule has 0 spiro atoms. The van der Waals surface area contributed by atoms with Crippen LogP contribution >= 0.6 is 0 Å². The lowest BCUT2D eigenvalue weighted by molar-refractivity contribution is 0.537. The monoisotopic (exact) mass is 320 g/mol. The third kappa shape index (κ3) is 21.7. The van der Waals surface area contributed by atoms with Crippen molar-refractivity contribution in [3.63, 3.8) is 0 Å². The highest BCUT2D eigenvalue weighted by molar-refractivity contribution is 4.81. The van der Waals surface area contributed by atoms with Gasteiger partial charge in [-0.3, -0.25) is 0 Å². The van der Waals surface area contributed by atoms with Gasteiger partial charge in [-0.25, -0.2) is 0 Å². The number of hydrogen-bond acceptors (Lipinski definition) is 0. The molecule has 0 heterocycles. The van der Waals surface area contributed by atoms with Gasteiger partial charge >= 0.3 is 0 Å². The lowest BCUT2D eigenvalue weighted by atomic mass is 10.0. The molecule has 23 heavy (non-hydrogen) atoms. The zero-order valence-electron chi connectivity index (χ0n) is 16.0. The molecule has 0 aromatic carbocycles. The summed E-state index contributed by atoms with van der Waals surface area (Å²) in [4.78, 5) is 0. The first kappa shape index (κ1) is 22.7. The Bertz CT molecular complexity index is 216. The van der Waals surface area contributed by atoms with E-state index in [2.05, 4.69) is 26.0 Å².